The summed E-state index contributed by atoms with van der Waals surface area (Å²) in [7, 11) is -2.71. The lowest BCUT2D eigenvalue weighted by atomic mass is 10.0. The first-order valence-corrected chi connectivity index (χ1v) is 19.1. The number of hydrogen-bond acceptors (Lipinski definition) is 16. The lowest BCUT2D eigenvalue weighted by Crippen LogP contribution is -2.50. The molecule has 298 valence electrons. The van der Waals surface area contributed by atoms with Gasteiger partial charge in [0.05, 0.1) is 55.8 Å². The Labute approximate surface area is 320 Å². The maximum absolute atomic E-state index is 12.9. The number of Topliss-reactive ketones (excluding diaryl/α,β-unsaturated/α-hetero) is 1. The highest BCUT2D eigenvalue weighted by Crippen LogP contribution is 2.28. The topological polar surface area (TPSA) is 262 Å². The van der Waals surface area contributed by atoms with Crippen LogP contribution in [0, 0.1) is 5.92 Å². The fourth-order valence-electron chi connectivity index (χ4n) is 4.79. The van der Waals surface area contributed by atoms with E-state index in [1.165, 1.54) is 18.0 Å². The number of benzene rings is 2. The van der Waals surface area contributed by atoms with Crippen molar-refractivity contribution >= 4 is 55.3 Å². The summed E-state index contributed by atoms with van der Waals surface area (Å²) < 4.78 is 52.1. The van der Waals surface area contributed by atoms with Gasteiger partial charge in [-0.1, -0.05) is 17.3 Å². The van der Waals surface area contributed by atoms with E-state index >= 15 is 0 Å². The Morgan fingerprint density at radius 3 is 2.53 bits per heavy atom. The summed E-state index contributed by atoms with van der Waals surface area (Å²) in [5.74, 6) is -1.49. The molecule has 2 atom stereocenters. The molecule has 2 amide bonds. The van der Waals surface area contributed by atoms with Crippen molar-refractivity contribution in [2.24, 2.45) is 11.1 Å². The van der Waals surface area contributed by atoms with Gasteiger partial charge in [-0.3, -0.25) is 14.4 Å². The highest BCUT2D eigenvalue weighted by Gasteiger charge is 2.25. The largest absolute Gasteiger partial charge is 0.492 e. The molecule has 0 bridgehead atoms. The van der Waals surface area contributed by atoms with Crippen LogP contribution in [0.2, 0.25) is 0 Å². The maximum atomic E-state index is 12.9. The van der Waals surface area contributed by atoms with Gasteiger partial charge in [0.1, 0.15) is 48.6 Å². The van der Waals surface area contributed by atoms with E-state index in [9.17, 15) is 32.7 Å². The number of aliphatic hydroxyl groups is 1. The van der Waals surface area contributed by atoms with Crippen LogP contribution in [0.5, 0.6) is 11.5 Å². The number of primary sulfonamides is 1. The Morgan fingerprint density at radius 2 is 1.82 bits per heavy atom. The quantitative estimate of drug-likeness (QED) is 0.0728. The summed E-state index contributed by atoms with van der Waals surface area (Å²) in [5, 5.41) is 27.6. The average Bonchev–Trinajstić information content (AvgIpc) is 3.77. The van der Waals surface area contributed by atoms with Gasteiger partial charge in [0.15, 0.2) is 5.78 Å². The molecule has 0 aliphatic heterocycles. The summed E-state index contributed by atoms with van der Waals surface area (Å²) in [4.78, 5) is 53.7. The highest BCUT2D eigenvalue weighted by molar-refractivity contribution is 7.91. The van der Waals surface area contributed by atoms with Gasteiger partial charge < -0.3 is 39.4 Å². The number of amides is 2. The number of carbonyl (C=O) groups is 4. The minimum atomic E-state index is -3.93. The molecule has 0 saturated carbocycles. The normalized spacial score (nSPS) is 12.8. The van der Waals surface area contributed by atoms with Gasteiger partial charge in [0.25, 0.3) is 10.0 Å². The second-order valence-electron chi connectivity index (χ2n) is 13.0. The molecule has 0 unspecified atom stereocenters. The van der Waals surface area contributed by atoms with E-state index in [4.69, 9.17) is 28.8 Å². The van der Waals surface area contributed by atoms with Crippen LogP contribution in [-0.2, 0) is 58.4 Å². The van der Waals surface area contributed by atoms with Crippen LogP contribution < -0.4 is 25.2 Å². The van der Waals surface area contributed by atoms with E-state index in [1.54, 1.807) is 63.2 Å². The van der Waals surface area contributed by atoms with Gasteiger partial charge in [-0.25, -0.2) is 28.0 Å². The molecule has 0 aliphatic rings. The number of hydrogen-bond donors (Lipinski definition) is 4. The molecule has 0 spiro atoms. The van der Waals surface area contributed by atoms with Crippen molar-refractivity contribution in [2.75, 3.05) is 33.5 Å². The summed E-state index contributed by atoms with van der Waals surface area (Å²) in [6.45, 7) is 4.43. The Hall–Kier alpha value is -5.22. The molecule has 0 fully saturated rings. The predicted octanol–water partition coefficient (Wildman–Crippen LogP) is 1.46. The number of methoxy groups -OCH3 is 1. The number of thiazole rings is 1. The van der Waals surface area contributed by atoms with Crippen LogP contribution >= 0.6 is 11.3 Å². The van der Waals surface area contributed by atoms with Crippen molar-refractivity contribution in [1.29, 1.82) is 0 Å². The number of aliphatic hydroxyl groups excluding tert-OH is 1. The molecule has 2 heterocycles. The Bertz CT molecular complexity index is 2060. The third kappa shape index (κ3) is 13.9. The predicted molar refractivity (Wildman–Crippen MR) is 195 cm³/mol. The maximum Gasteiger partial charge on any atom is 0.408 e. The number of nitrogens with zero attached hydrogens (tertiary/aromatic N) is 4. The van der Waals surface area contributed by atoms with E-state index in [2.05, 4.69) is 25.9 Å². The minimum absolute atomic E-state index is 0.0160. The minimum Gasteiger partial charge on any atom is -0.492 e. The van der Waals surface area contributed by atoms with Crippen LogP contribution in [0.4, 0.5) is 4.79 Å². The van der Waals surface area contributed by atoms with Gasteiger partial charge >= 0.3 is 12.1 Å². The van der Waals surface area contributed by atoms with E-state index in [1.807, 2.05) is 0 Å². The zero-order valence-corrected chi connectivity index (χ0v) is 32.2. The molecule has 4 aromatic rings. The van der Waals surface area contributed by atoms with Crippen LogP contribution in [0.15, 0.2) is 53.0 Å². The third-order valence-electron chi connectivity index (χ3n) is 7.25. The number of ether oxygens (including phenoxy) is 5. The number of aromatic nitrogens is 4. The molecule has 19 nitrogen and oxygen atoms in total. The van der Waals surface area contributed by atoms with Gasteiger partial charge in [0, 0.05) is 6.42 Å². The summed E-state index contributed by atoms with van der Waals surface area (Å²) in [6.07, 6.45) is 0.528. The van der Waals surface area contributed by atoms with Crippen molar-refractivity contribution in [3.05, 3.63) is 59.9 Å². The van der Waals surface area contributed by atoms with E-state index in [0.29, 0.717) is 27.4 Å². The fourth-order valence-corrected chi connectivity index (χ4v) is 6.47. The molecule has 5 N–H and O–H groups in total. The Balaban J connectivity index is 1.19. The zero-order valence-electron chi connectivity index (χ0n) is 30.6. The summed E-state index contributed by atoms with van der Waals surface area (Å²) >= 11 is 0.923. The van der Waals surface area contributed by atoms with E-state index < -0.39 is 52.2 Å². The number of ketones is 1. The average molecular weight is 806 g/mol. The lowest BCUT2D eigenvalue weighted by molar-refractivity contribution is -0.149. The Morgan fingerprint density at radius 1 is 1.05 bits per heavy atom. The number of esters is 1. The van der Waals surface area contributed by atoms with E-state index in [-0.39, 0.29) is 56.1 Å². The monoisotopic (exact) mass is 805 g/mol. The van der Waals surface area contributed by atoms with Crippen LogP contribution in [0.3, 0.4) is 0 Å². The summed E-state index contributed by atoms with van der Waals surface area (Å²) in [6, 6.07) is 10.6. The molecule has 0 radical (unpaired) electrons. The zero-order chi connectivity index (χ0) is 40.2. The van der Waals surface area contributed by atoms with Gasteiger partial charge in [-0.2, -0.15) is 0 Å². The highest BCUT2D eigenvalue weighted by atomic mass is 32.2. The molecule has 21 heteroatoms. The first kappa shape index (κ1) is 42.5. The van der Waals surface area contributed by atoms with Crippen molar-refractivity contribution in [1.82, 2.24) is 30.6 Å². The molecular formula is C34H43N7O12S2. The molecule has 2 aromatic carbocycles. The number of rotatable bonds is 20. The van der Waals surface area contributed by atoms with Crippen molar-refractivity contribution in [3.8, 4) is 11.5 Å². The van der Waals surface area contributed by atoms with Gasteiger partial charge in [0.2, 0.25) is 10.2 Å². The lowest BCUT2D eigenvalue weighted by Gasteiger charge is -2.22. The second-order valence-corrected chi connectivity index (χ2v) is 15.8. The number of fused-ring (bicyclic) bond motifs is 1. The summed E-state index contributed by atoms with van der Waals surface area (Å²) in [5.41, 5.74) is 0.841. The van der Waals surface area contributed by atoms with Crippen molar-refractivity contribution in [3.63, 3.8) is 0 Å². The number of nitrogens with two attached hydrogens (primary N) is 1. The first-order chi connectivity index (χ1) is 26.0. The standard InChI is InChI=1S/C34H43N7O12S2/c1-34(2,3)53-32(46)37-28(17-42)30(44)36-10-11-51-25-7-5-6-21(12-25)18-50-19-22(31(45)49-4)13-24(43)16-41-15-23(39-40-41)20-52-26-8-9-27-29(14-26)54-33(38-27)55(35,47)48/h5-9,12,14-15,22,28,42H,10-11,13,16-20H2,1-4H3,(H,36,44)(H,37,46)(H2,35,47,48)/t22-,28-/m0/s1. The molecule has 0 saturated heterocycles. The molecule has 55 heavy (non-hydrogen) atoms. The fraction of sp³-hybridized carbons (Fsp3) is 0.441. The second kappa shape index (κ2) is 19.4. The number of carbonyl (C=O) groups excluding carboxylic acids is 4. The van der Waals surface area contributed by atoms with E-state index in [0.717, 1.165) is 16.9 Å². The first-order valence-electron chi connectivity index (χ1n) is 16.7. The molecule has 4 rings (SSSR count). The molecule has 2 aromatic heterocycles. The van der Waals surface area contributed by atoms with Gasteiger partial charge in [-0.05, 0) is 56.7 Å². The number of nitrogens with one attached hydrogen (secondary N) is 2. The SMILES string of the molecule is COC(=O)[C@H](COCc1cccc(OCCNC(=O)[C@H](CO)NC(=O)OC(C)(C)C)c1)CC(=O)Cn1cc(COc2ccc3nc(S(N)(=O)=O)sc3c2)nn1. The van der Waals surface area contributed by atoms with Crippen LogP contribution in [-0.4, -0.2) is 102 Å². The molecular weight excluding hydrogens is 763 g/mol. The number of alkyl carbamates (subject to hydrolysis) is 1. The van der Waals surface area contributed by atoms with Crippen LogP contribution in [0.1, 0.15) is 38.4 Å². The number of sulfonamides is 1. The third-order valence-corrected chi connectivity index (χ3v) is 9.59. The van der Waals surface area contributed by atoms with Crippen LogP contribution in [0.25, 0.3) is 10.2 Å². The Kier molecular flexibility index (Phi) is 15.0. The van der Waals surface area contributed by atoms with Gasteiger partial charge in [-0.15, -0.1) is 16.4 Å². The van der Waals surface area contributed by atoms with Crippen molar-refractivity contribution in [2.45, 2.75) is 62.9 Å². The smallest absolute Gasteiger partial charge is 0.408 e. The van der Waals surface area contributed by atoms with Crippen molar-refractivity contribution < 1.29 is 56.4 Å². The molecule has 0 aliphatic carbocycles.